The monoisotopic (exact) mass is 269 g/mol. The Morgan fingerprint density at radius 3 is 2.24 bits per heavy atom. The molecule has 3 N–H and O–H groups in total. The van der Waals surface area contributed by atoms with Crippen LogP contribution in [0.2, 0.25) is 0 Å². The molecule has 0 radical (unpaired) electrons. The predicted octanol–water partition coefficient (Wildman–Crippen LogP) is -0.835. The van der Waals surface area contributed by atoms with Crippen LogP contribution in [0.1, 0.15) is 20.8 Å². The van der Waals surface area contributed by atoms with Gasteiger partial charge in [-0.15, -0.1) is 0 Å². The van der Waals surface area contributed by atoms with Gasteiger partial charge in [-0.3, -0.25) is 4.79 Å². The fraction of sp³-hybridized carbons (Fsp3) is 0.889. The third-order valence-electron chi connectivity index (χ3n) is 1.86. The summed E-state index contributed by atoms with van der Waals surface area (Å²) in [5, 5.41) is 17.8. The molecule has 0 aromatic carbocycles. The number of hydrogen-bond acceptors (Lipinski definition) is 5. The highest BCUT2D eigenvalue weighted by atomic mass is 32.2. The van der Waals surface area contributed by atoms with E-state index in [-0.39, 0.29) is 18.5 Å². The molecule has 17 heavy (non-hydrogen) atoms. The number of carbonyl (C=O) groups is 1. The van der Waals surface area contributed by atoms with Crippen molar-refractivity contribution in [3.8, 4) is 0 Å². The Kier molecular flexibility index (Phi) is 6.61. The van der Waals surface area contributed by atoms with Crippen LogP contribution in [0.3, 0.4) is 0 Å². The van der Waals surface area contributed by atoms with Crippen LogP contribution in [-0.4, -0.2) is 55.2 Å². The first kappa shape index (κ1) is 16.3. The first-order chi connectivity index (χ1) is 7.65. The third kappa shape index (κ3) is 7.27. The minimum atomic E-state index is -3.78. The van der Waals surface area contributed by atoms with Gasteiger partial charge in [0.1, 0.15) is 6.04 Å². The second-order valence-corrected chi connectivity index (χ2v) is 5.79. The van der Waals surface area contributed by atoms with Gasteiger partial charge in [0.25, 0.3) is 0 Å². The largest absolute Gasteiger partial charge is 0.480 e. The summed E-state index contributed by atoms with van der Waals surface area (Å²) in [6.07, 6.45) is -1.41. The Bertz CT molecular complexity index is 337. The lowest BCUT2D eigenvalue weighted by atomic mass is 10.2. The molecule has 2 atom stereocenters. The maximum atomic E-state index is 11.5. The van der Waals surface area contributed by atoms with E-state index in [1.165, 1.54) is 6.92 Å². The van der Waals surface area contributed by atoms with Gasteiger partial charge in [-0.2, -0.15) is 4.72 Å². The summed E-state index contributed by atoms with van der Waals surface area (Å²) in [6.45, 7) is 4.69. The van der Waals surface area contributed by atoms with Gasteiger partial charge in [0.05, 0.1) is 24.6 Å². The summed E-state index contributed by atoms with van der Waals surface area (Å²) in [5.74, 6) is -1.77. The lowest BCUT2D eigenvalue weighted by molar-refractivity contribution is -0.141. The highest BCUT2D eigenvalue weighted by Crippen LogP contribution is 1.98. The molecule has 0 rings (SSSR count). The van der Waals surface area contributed by atoms with E-state index in [1.54, 1.807) is 13.8 Å². The molecule has 0 saturated heterocycles. The molecule has 0 aromatic heterocycles. The molecule has 0 heterocycles. The summed E-state index contributed by atoms with van der Waals surface area (Å²) in [4.78, 5) is 10.7. The smallest absolute Gasteiger partial charge is 0.324 e. The van der Waals surface area contributed by atoms with E-state index in [9.17, 15) is 13.2 Å². The van der Waals surface area contributed by atoms with Crippen LogP contribution in [0.25, 0.3) is 0 Å². The van der Waals surface area contributed by atoms with Crippen LogP contribution >= 0.6 is 0 Å². The zero-order chi connectivity index (χ0) is 13.6. The van der Waals surface area contributed by atoms with E-state index in [2.05, 4.69) is 0 Å². The van der Waals surface area contributed by atoms with Gasteiger partial charge in [-0.1, -0.05) is 0 Å². The number of rotatable bonds is 8. The van der Waals surface area contributed by atoms with Gasteiger partial charge < -0.3 is 14.9 Å². The first-order valence-corrected chi connectivity index (χ1v) is 6.83. The topological polar surface area (TPSA) is 113 Å². The zero-order valence-electron chi connectivity index (χ0n) is 10.1. The van der Waals surface area contributed by atoms with Crippen molar-refractivity contribution in [3.05, 3.63) is 0 Å². The molecule has 0 aliphatic rings. The van der Waals surface area contributed by atoms with Crippen molar-refractivity contribution in [2.75, 3.05) is 12.4 Å². The van der Waals surface area contributed by atoms with Crippen LogP contribution in [0.15, 0.2) is 0 Å². The van der Waals surface area contributed by atoms with Crippen LogP contribution in [0.5, 0.6) is 0 Å². The van der Waals surface area contributed by atoms with E-state index in [1.807, 2.05) is 4.72 Å². The molecular weight excluding hydrogens is 250 g/mol. The molecule has 0 spiro atoms. The average Bonchev–Trinajstić information content (AvgIpc) is 2.12. The maximum absolute atomic E-state index is 11.5. The molecule has 7 nitrogen and oxygen atoms in total. The molecule has 0 fully saturated rings. The Balaban J connectivity index is 4.37. The van der Waals surface area contributed by atoms with E-state index in [0.29, 0.717) is 0 Å². The Hall–Kier alpha value is -0.700. The number of aliphatic carboxylic acids is 1. The lowest BCUT2D eigenvalue weighted by Crippen LogP contribution is -2.48. The minimum Gasteiger partial charge on any atom is -0.480 e. The number of aliphatic hydroxyl groups is 1. The highest BCUT2D eigenvalue weighted by Gasteiger charge is 2.28. The number of ether oxygens (including phenoxy) is 1. The second kappa shape index (κ2) is 6.90. The number of carboxylic acids is 1. The van der Waals surface area contributed by atoms with Crippen LogP contribution in [-0.2, 0) is 19.6 Å². The zero-order valence-corrected chi connectivity index (χ0v) is 10.9. The Morgan fingerprint density at radius 2 is 1.88 bits per heavy atom. The van der Waals surface area contributed by atoms with E-state index >= 15 is 0 Å². The van der Waals surface area contributed by atoms with Crippen LogP contribution in [0, 0.1) is 0 Å². The van der Waals surface area contributed by atoms with Crippen LogP contribution < -0.4 is 4.72 Å². The van der Waals surface area contributed by atoms with Crippen molar-refractivity contribution in [1.29, 1.82) is 0 Å². The molecule has 0 saturated carbocycles. The Labute approximate surface area is 101 Å². The van der Waals surface area contributed by atoms with Crippen molar-refractivity contribution in [2.45, 2.75) is 39.0 Å². The van der Waals surface area contributed by atoms with Crippen molar-refractivity contribution in [3.63, 3.8) is 0 Å². The van der Waals surface area contributed by atoms with Gasteiger partial charge >= 0.3 is 5.97 Å². The van der Waals surface area contributed by atoms with E-state index in [4.69, 9.17) is 14.9 Å². The van der Waals surface area contributed by atoms with Crippen molar-refractivity contribution >= 4 is 16.0 Å². The third-order valence-corrected chi connectivity index (χ3v) is 3.18. The molecule has 0 aliphatic heterocycles. The summed E-state index contributed by atoms with van der Waals surface area (Å²) in [5.41, 5.74) is 0. The predicted molar refractivity (Wildman–Crippen MR) is 61.1 cm³/mol. The number of hydrogen-bond donors (Lipinski definition) is 3. The van der Waals surface area contributed by atoms with Crippen molar-refractivity contribution in [1.82, 2.24) is 4.72 Å². The fourth-order valence-corrected chi connectivity index (χ4v) is 2.12. The molecule has 0 bridgehead atoms. The molecule has 0 amide bonds. The summed E-state index contributed by atoms with van der Waals surface area (Å²) in [7, 11) is -3.78. The fourth-order valence-electron chi connectivity index (χ4n) is 1.00. The normalized spacial score (nSPS) is 15.8. The lowest BCUT2D eigenvalue weighted by Gasteiger charge is -2.17. The quantitative estimate of drug-likeness (QED) is 0.530. The van der Waals surface area contributed by atoms with Crippen LogP contribution in [0.4, 0.5) is 0 Å². The second-order valence-electron chi connectivity index (χ2n) is 3.91. The standard InChI is InChI=1S/C9H19NO6S/c1-6(2)16-4-5-17(14,15)10-8(7(3)11)9(12)13/h6-8,10-11H,4-5H2,1-3H3,(H,12,13). The molecule has 2 unspecified atom stereocenters. The van der Waals surface area contributed by atoms with Gasteiger partial charge in [0.15, 0.2) is 0 Å². The van der Waals surface area contributed by atoms with Gasteiger partial charge in [-0.05, 0) is 20.8 Å². The maximum Gasteiger partial charge on any atom is 0.324 e. The molecule has 8 heteroatoms. The van der Waals surface area contributed by atoms with Gasteiger partial charge in [0.2, 0.25) is 10.0 Å². The molecule has 0 aromatic rings. The molecule has 102 valence electrons. The number of nitrogens with one attached hydrogen (secondary N) is 1. The number of sulfonamides is 1. The van der Waals surface area contributed by atoms with Gasteiger partial charge in [-0.25, -0.2) is 8.42 Å². The van der Waals surface area contributed by atoms with E-state index in [0.717, 1.165) is 0 Å². The summed E-state index contributed by atoms with van der Waals surface area (Å²) in [6, 6.07) is -1.54. The van der Waals surface area contributed by atoms with Gasteiger partial charge in [0, 0.05) is 0 Å². The summed E-state index contributed by atoms with van der Waals surface area (Å²) >= 11 is 0. The van der Waals surface area contributed by atoms with E-state index < -0.39 is 28.1 Å². The highest BCUT2D eigenvalue weighted by molar-refractivity contribution is 7.89. The SMILES string of the molecule is CC(C)OCCS(=O)(=O)NC(C(=O)O)C(C)O. The minimum absolute atomic E-state index is 0.0286. The summed E-state index contributed by atoms with van der Waals surface area (Å²) < 4.78 is 29.9. The number of aliphatic hydroxyl groups excluding tert-OH is 1. The molecular formula is C9H19NO6S. The first-order valence-electron chi connectivity index (χ1n) is 5.18. The molecule has 0 aliphatic carbocycles. The van der Waals surface area contributed by atoms with Crippen molar-refractivity contribution < 1.29 is 28.2 Å². The van der Waals surface area contributed by atoms with Crippen molar-refractivity contribution in [2.24, 2.45) is 0 Å². The Morgan fingerprint density at radius 1 is 1.35 bits per heavy atom. The average molecular weight is 269 g/mol. The number of carboxylic acid groups (broad SMARTS) is 1.